The largest absolute Gasteiger partial charge is 0.460 e. The topological polar surface area (TPSA) is 107 Å². The first-order valence-electron chi connectivity index (χ1n) is 5.32. The van der Waals surface area contributed by atoms with Crippen molar-refractivity contribution in [2.75, 3.05) is 6.61 Å². The van der Waals surface area contributed by atoms with Gasteiger partial charge in [0.2, 0.25) is 0 Å². The Hall–Kier alpha value is -0.950. The number of rotatable bonds is 7. The minimum absolute atomic E-state index is 0.275. The quantitative estimate of drug-likeness (QED) is 0.333. The molecule has 0 bridgehead atoms. The van der Waals surface area contributed by atoms with E-state index in [1.807, 2.05) is 0 Å². The highest BCUT2D eigenvalue weighted by molar-refractivity contribution is 5.81. The lowest BCUT2D eigenvalue weighted by Crippen LogP contribution is -2.47. The van der Waals surface area contributed by atoms with Crippen LogP contribution in [0, 0.1) is 5.92 Å². The maximum Gasteiger partial charge on any atom is 0.330 e. The van der Waals surface area contributed by atoms with Gasteiger partial charge < -0.3 is 25.2 Å². The summed E-state index contributed by atoms with van der Waals surface area (Å²) in [6.07, 6.45) is -4.83. The van der Waals surface area contributed by atoms with Crippen LogP contribution in [0.1, 0.15) is 13.8 Å². The fraction of sp³-hybridized carbons (Fsp3) is 0.727. The Balaban J connectivity index is 4.24. The Morgan fingerprint density at radius 3 is 2.12 bits per heavy atom. The fourth-order valence-electron chi connectivity index (χ4n) is 1.15. The standard InChI is InChI=1S/C11H20O6/c1-4-8(13)17-5-7(12)10(15)11(16)9(14)6(2)3/h4,6-7,9-12,14-16H,1,5H2,2-3H3/t7-,9+,10-,11-/m1/s1. The van der Waals surface area contributed by atoms with Gasteiger partial charge in [0, 0.05) is 6.08 Å². The Morgan fingerprint density at radius 2 is 1.71 bits per heavy atom. The molecule has 0 spiro atoms. The van der Waals surface area contributed by atoms with Gasteiger partial charge in [-0.25, -0.2) is 4.79 Å². The SMILES string of the molecule is C=CC(=O)OC[C@@H](O)[C@@H](O)[C@H](O)[C@@H](O)C(C)C. The van der Waals surface area contributed by atoms with Crippen LogP contribution in [0.3, 0.4) is 0 Å². The number of carbonyl (C=O) groups is 1. The summed E-state index contributed by atoms with van der Waals surface area (Å²) in [5.74, 6) is -1.02. The van der Waals surface area contributed by atoms with Crippen LogP contribution in [-0.4, -0.2) is 57.4 Å². The first kappa shape index (κ1) is 16.1. The van der Waals surface area contributed by atoms with Gasteiger partial charge in [-0.3, -0.25) is 0 Å². The van der Waals surface area contributed by atoms with Gasteiger partial charge in [0.15, 0.2) is 0 Å². The molecule has 0 heterocycles. The Kier molecular flexibility index (Phi) is 6.98. The van der Waals surface area contributed by atoms with Gasteiger partial charge >= 0.3 is 5.97 Å². The second-order valence-electron chi connectivity index (χ2n) is 4.12. The molecule has 4 N–H and O–H groups in total. The van der Waals surface area contributed by atoms with Gasteiger partial charge in [0.1, 0.15) is 24.9 Å². The molecule has 100 valence electrons. The summed E-state index contributed by atoms with van der Waals surface area (Å²) in [7, 11) is 0. The average Bonchev–Trinajstić information content (AvgIpc) is 2.32. The van der Waals surface area contributed by atoms with E-state index < -0.39 is 37.0 Å². The van der Waals surface area contributed by atoms with Crippen LogP contribution < -0.4 is 0 Å². The van der Waals surface area contributed by atoms with E-state index in [9.17, 15) is 25.2 Å². The van der Waals surface area contributed by atoms with Crippen molar-refractivity contribution < 1.29 is 30.0 Å². The molecule has 0 aromatic rings. The average molecular weight is 248 g/mol. The summed E-state index contributed by atoms with van der Waals surface area (Å²) in [4.78, 5) is 10.7. The molecule has 0 aromatic carbocycles. The van der Waals surface area contributed by atoms with Crippen molar-refractivity contribution in [1.29, 1.82) is 0 Å². The van der Waals surface area contributed by atoms with Crippen molar-refractivity contribution in [2.45, 2.75) is 38.3 Å². The van der Waals surface area contributed by atoms with E-state index in [0.29, 0.717) is 0 Å². The number of hydrogen-bond donors (Lipinski definition) is 4. The molecule has 0 saturated carbocycles. The van der Waals surface area contributed by atoms with E-state index in [1.54, 1.807) is 13.8 Å². The van der Waals surface area contributed by atoms with Crippen LogP contribution in [0.15, 0.2) is 12.7 Å². The lowest BCUT2D eigenvalue weighted by molar-refractivity contribution is -0.151. The smallest absolute Gasteiger partial charge is 0.330 e. The summed E-state index contributed by atoms with van der Waals surface area (Å²) >= 11 is 0. The van der Waals surface area contributed by atoms with Crippen molar-refractivity contribution in [1.82, 2.24) is 0 Å². The second-order valence-corrected chi connectivity index (χ2v) is 4.12. The molecular formula is C11H20O6. The molecule has 0 fully saturated rings. The van der Waals surface area contributed by atoms with Crippen LogP contribution in [0.25, 0.3) is 0 Å². The van der Waals surface area contributed by atoms with Crippen molar-refractivity contribution in [3.8, 4) is 0 Å². The molecule has 0 aliphatic heterocycles. The van der Waals surface area contributed by atoms with E-state index in [2.05, 4.69) is 11.3 Å². The monoisotopic (exact) mass is 248 g/mol. The van der Waals surface area contributed by atoms with E-state index in [0.717, 1.165) is 6.08 Å². The zero-order chi connectivity index (χ0) is 13.6. The van der Waals surface area contributed by atoms with Crippen molar-refractivity contribution in [3.05, 3.63) is 12.7 Å². The van der Waals surface area contributed by atoms with E-state index in [-0.39, 0.29) is 5.92 Å². The molecular weight excluding hydrogens is 228 g/mol. The number of carbonyl (C=O) groups excluding carboxylic acids is 1. The predicted octanol–water partition coefficient (Wildman–Crippen LogP) is -1.18. The van der Waals surface area contributed by atoms with E-state index in [1.165, 1.54) is 0 Å². The first-order valence-corrected chi connectivity index (χ1v) is 5.32. The first-order chi connectivity index (χ1) is 7.81. The molecule has 0 aromatic heterocycles. The molecule has 4 atom stereocenters. The number of aliphatic hydroxyl groups excluding tert-OH is 4. The third kappa shape index (κ3) is 5.27. The third-order valence-electron chi connectivity index (χ3n) is 2.34. The van der Waals surface area contributed by atoms with Crippen LogP contribution in [0.5, 0.6) is 0 Å². The highest BCUT2D eigenvalue weighted by atomic mass is 16.5. The minimum atomic E-state index is -1.59. The Bertz CT molecular complexity index is 252. The van der Waals surface area contributed by atoms with Gasteiger partial charge in [-0.2, -0.15) is 0 Å². The molecule has 0 rings (SSSR count). The van der Waals surface area contributed by atoms with Crippen molar-refractivity contribution in [3.63, 3.8) is 0 Å². The molecule has 0 unspecified atom stereocenters. The molecule has 0 saturated heterocycles. The van der Waals surface area contributed by atoms with Crippen molar-refractivity contribution >= 4 is 5.97 Å². The molecule has 17 heavy (non-hydrogen) atoms. The maximum absolute atomic E-state index is 10.7. The normalized spacial score (nSPS) is 18.3. The molecule has 6 heteroatoms. The second kappa shape index (κ2) is 7.39. The Labute approximate surface area is 100 Å². The summed E-state index contributed by atoms with van der Waals surface area (Å²) in [6, 6.07) is 0. The van der Waals surface area contributed by atoms with Gasteiger partial charge in [0.25, 0.3) is 0 Å². The van der Waals surface area contributed by atoms with E-state index >= 15 is 0 Å². The van der Waals surface area contributed by atoms with Crippen LogP contribution in [0.4, 0.5) is 0 Å². The maximum atomic E-state index is 10.7. The lowest BCUT2D eigenvalue weighted by atomic mass is 9.95. The van der Waals surface area contributed by atoms with Gasteiger partial charge in [0.05, 0.1) is 6.10 Å². The molecule has 0 amide bonds. The van der Waals surface area contributed by atoms with Crippen LogP contribution >= 0.6 is 0 Å². The van der Waals surface area contributed by atoms with Crippen LogP contribution in [0.2, 0.25) is 0 Å². The summed E-state index contributed by atoms with van der Waals surface area (Å²) < 4.78 is 4.50. The number of aliphatic hydroxyl groups is 4. The van der Waals surface area contributed by atoms with Gasteiger partial charge in [-0.15, -0.1) is 0 Å². The van der Waals surface area contributed by atoms with Gasteiger partial charge in [-0.05, 0) is 5.92 Å². The number of esters is 1. The highest BCUT2D eigenvalue weighted by Gasteiger charge is 2.32. The summed E-state index contributed by atoms with van der Waals surface area (Å²) in [6.45, 7) is 6.00. The Morgan fingerprint density at radius 1 is 1.18 bits per heavy atom. The molecule has 0 aliphatic rings. The molecule has 6 nitrogen and oxygen atoms in total. The summed E-state index contributed by atoms with van der Waals surface area (Å²) in [5.41, 5.74) is 0. The number of ether oxygens (including phenoxy) is 1. The lowest BCUT2D eigenvalue weighted by Gasteiger charge is -2.28. The minimum Gasteiger partial charge on any atom is -0.460 e. The van der Waals surface area contributed by atoms with Gasteiger partial charge in [-0.1, -0.05) is 20.4 Å². The molecule has 0 radical (unpaired) electrons. The zero-order valence-corrected chi connectivity index (χ0v) is 9.98. The van der Waals surface area contributed by atoms with Crippen LogP contribution in [-0.2, 0) is 9.53 Å². The third-order valence-corrected chi connectivity index (χ3v) is 2.34. The highest BCUT2D eigenvalue weighted by Crippen LogP contribution is 2.12. The molecule has 0 aliphatic carbocycles. The van der Waals surface area contributed by atoms with Crippen molar-refractivity contribution in [2.24, 2.45) is 5.92 Å². The number of hydrogen-bond acceptors (Lipinski definition) is 6. The summed E-state index contributed by atoms with van der Waals surface area (Å²) in [5, 5.41) is 38.0. The van der Waals surface area contributed by atoms with E-state index in [4.69, 9.17) is 0 Å². The fourth-order valence-corrected chi connectivity index (χ4v) is 1.15. The zero-order valence-electron chi connectivity index (χ0n) is 9.98. The predicted molar refractivity (Wildman–Crippen MR) is 60.0 cm³/mol.